The number of piperidine rings is 1. The summed E-state index contributed by atoms with van der Waals surface area (Å²) >= 11 is 1.19. The van der Waals surface area contributed by atoms with Crippen LogP contribution in [0.25, 0.3) is 11.1 Å². The second-order valence-electron chi connectivity index (χ2n) is 5.87. The third-order valence-corrected chi connectivity index (χ3v) is 4.99. The molecule has 1 fully saturated rings. The lowest BCUT2D eigenvalue weighted by Crippen LogP contribution is -2.45. The van der Waals surface area contributed by atoms with Crippen LogP contribution in [0.4, 0.5) is 14.9 Å². The Morgan fingerprint density at radius 1 is 1.36 bits per heavy atom. The van der Waals surface area contributed by atoms with Gasteiger partial charge in [-0.05, 0) is 37.1 Å². The molecule has 6 nitrogen and oxygen atoms in total. The van der Waals surface area contributed by atoms with Crippen LogP contribution >= 0.6 is 11.3 Å². The molecule has 0 saturated carbocycles. The van der Waals surface area contributed by atoms with Gasteiger partial charge in [0.25, 0.3) is 5.91 Å². The maximum absolute atomic E-state index is 13.5. The molecule has 5 N–H and O–H groups in total. The Kier molecular flexibility index (Phi) is 5.30. The van der Waals surface area contributed by atoms with Gasteiger partial charge in [-0.3, -0.25) is 4.79 Å². The molecule has 0 spiro atoms. The minimum Gasteiger partial charge on any atom is -0.351 e. The molecule has 132 valence electrons. The lowest BCUT2D eigenvalue weighted by atomic mass is 10.1. The molecule has 3 amide bonds. The smallest absolute Gasteiger partial charge is 0.316 e. The Hall–Kier alpha value is -2.45. The summed E-state index contributed by atoms with van der Waals surface area (Å²) in [6.45, 7) is 1.66. The summed E-state index contributed by atoms with van der Waals surface area (Å²) in [4.78, 5) is 24.4. The lowest BCUT2D eigenvalue weighted by molar-refractivity contribution is 0.0935. The summed E-state index contributed by atoms with van der Waals surface area (Å²) in [7, 11) is 0. The summed E-state index contributed by atoms with van der Waals surface area (Å²) in [6, 6.07) is 5.24. The number of rotatable bonds is 4. The maximum Gasteiger partial charge on any atom is 0.316 e. The van der Waals surface area contributed by atoms with Crippen LogP contribution < -0.4 is 21.7 Å². The Balaban J connectivity index is 1.90. The topological polar surface area (TPSA) is 96.2 Å². The number of nitrogens with one attached hydrogen (secondary N) is 3. The van der Waals surface area contributed by atoms with E-state index < -0.39 is 11.8 Å². The zero-order valence-corrected chi connectivity index (χ0v) is 14.3. The zero-order chi connectivity index (χ0) is 17.8. The number of hydrogen-bond donors (Lipinski definition) is 4. The fraction of sp³-hybridized carbons (Fsp3) is 0.294. The fourth-order valence-corrected chi connectivity index (χ4v) is 3.80. The molecule has 3 rings (SSSR count). The molecule has 1 aromatic carbocycles. The number of urea groups is 1. The highest BCUT2D eigenvalue weighted by Crippen LogP contribution is 2.36. The summed E-state index contributed by atoms with van der Waals surface area (Å²) in [5.74, 6) is -0.668. The van der Waals surface area contributed by atoms with Crippen LogP contribution in [-0.2, 0) is 0 Å². The molecule has 0 radical (unpaired) electrons. The zero-order valence-electron chi connectivity index (χ0n) is 13.5. The number of halogens is 1. The van der Waals surface area contributed by atoms with Crippen LogP contribution in [-0.4, -0.2) is 31.1 Å². The molecule has 1 aliphatic rings. The first-order valence-corrected chi connectivity index (χ1v) is 8.88. The molecule has 2 heterocycles. The Morgan fingerprint density at radius 2 is 2.20 bits per heavy atom. The van der Waals surface area contributed by atoms with Crippen molar-refractivity contribution in [2.75, 3.05) is 18.4 Å². The second-order valence-corrected chi connectivity index (χ2v) is 6.75. The number of amides is 3. The first kappa shape index (κ1) is 17.4. The first-order chi connectivity index (χ1) is 12.0. The van der Waals surface area contributed by atoms with E-state index in [-0.39, 0.29) is 11.9 Å². The predicted octanol–water partition coefficient (Wildman–Crippen LogP) is 2.53. The number of primary amides is 1. The minimum atomic E-state index is -0.774. The molecular formula is C17H19FN4O2S. The molecular weight excluding hydrogens is 343 g/mol. The summed E-state index contributed by atoms with van der Waals surface area (Å²) in [5.41, 5.74) is 6.70. The van der Waals surface area contributed by atoms with Gasteiger partial charge >= 0.3 is 6.03 Å². The third kappa shape index (κ3) is 4.15. The van der Waals surface area contributed by atoms with E-state index in [0.717, 1.165) is 19.4 Å². The summed E-state index contributed by atoms with van der Waals surface area (Å²) in [5, 5.41) is 10.4. The summed E-state index contributed by atoms with van der Waals surface area (Å²) < 4.78 is 13.5. The molecule has 1 aliphatic heterocycles. The van der Waals surface area contributed by atoms with E-state index in [1.807, 2.05) is 0 Å². The number of benzene rings is 1. The van der Waals surface area contributed by atoms with Gasteiger partial charge in [-0.15, -0.1) is 11.3 Å². The minimum absolute atomic E-state index is 0.0439. The van der Waals surface area contributed by atoms with Crippen LogP contribution in [0.15, 0.2) is 29.6 Å². The highest BCUT2D eigenvalue weighted by Gasteiger charge is 2.23. The number of anilines is 1. The van der Waals surface area contributed by atoms with Gasteiger partial charge in [0.2, 0.25) is 0 Å². The molecule has 1 saturated heterocycles. The van der Waals surface area contributed by atoms with Crippen molar-refractivity contribution in [3.63, 3.8) is 0 Å². The first-order valence-electron chi connectivity index (χ1n) is 8.00. The highest BCUT2D eigenvalue weighted by atomic mass is 32.1. The van der Waals surface area contributed by atoms with Crippen molar-refractivity contribution in [2.45, 2.75) is 18.9 Å². The molecule has 1 atom stereocenters. The highest BCUT2D eigenvalue weighted by molar-refractivity contribution is 7.13. The van der Waals surface area contributed by atoms with Crippen LogP contribution in [0.1, 0.15) is 22.5 Å². The van der Waals surface area contributed by atoms with E-state index in [9.17, 15) is 14.0 Å². The second kappa shape index (κ2) is 7.62. The number of hydrogen-bond acceptors (Lipinski definition) is 4. The van der Waals surface area contributed by atoms with Gasteiger partial charge in [0.05, 0.1) is 5.69 Å². The van der Waals surface area contributed by atoms with E-state index in [0.29, 0.717) is 28.2 Å². The van der Waals surface area contributed by atoms with Gasteiger partial charge in [-0.25, -0.2) is 9.18 Å². The van der Waals surface area contributed by atoms with E-state index >= 15 is 0 Å². The van der Waals surface area contributed by atoms with Gasteiger partial charge in [-0.1, -0.05) is 12.1 Å². The van der Waals surface area contributed by atoms with Gasteiger partial charge in [0, 0.05) is 23.5 Å². The van der Waals surface area contributed by atoms with Crippen molar-refractivity contribution in [1.29, 1.82) is 0 Å². The largest absolute Gasteiger partial charge is 0.351 e. The van der Waals surface area contributed by atoms with Crippen molar-refractivity contribution in [3.8, 4) is 11.1 Å². The number of nitrogens with two attached hydrogens (primary N) is 1. The van der Waals surface area contributed by atoms with E-state index in [1.54, 1.807) is 17.5 Å². The summed E-state index contributed by atoms with van der Waals surface area (Å²) in [6.07, 6.45) is 1.90. The van der Waals surface area contributed by atoms with Crippen LogP contribution in [0.2, 0.25) is 0 Å². The molecule has 0 unspecified atom stereocenters. The SMILES string of the molecule is NC(=O)Nc1c(-c2cccc(F)c2)csc1C(=O)N[C@H]1CCCNC1. The van der Waals surface area contributed by atoms with Crippen LogP contribution in [0.3, 0.4) is 0 Å². The van der Waals surface area contributed by atoms with Crippen molar-refractivity contribution < 1.29 is 14.0 Å². The molecule has 25 heavy (non-hydrogen) atoms. The standard InChI is InChI=1S/C17H19FN4O2S/c18-11-4-1-3-10(7-11)13-9-25-15(14(13)22-17(19)24)16(23)21-12-5-2-6-20-8-12/h1,3-4,7,9,12,20H,2,5-6,8H2,(H,21,23)(H3,19,22,24)/t12-/m0/s1. The predicted molar refractivity (Wildman–Crippen MR) is 96.3 cm³/mol. The third-order valence-electron chi connectivity index (χ3n) is 4.01. The van der Waals surface area contributed by atoms with Gasteiger partial charge in [-0.2, -0.15) is 0 Å². The van der Waals surface area contributed by atoms with Crippen LogP contribution in [0, 0.1) is 5.82 Å². The van der Waals surface area contributed by atoms with Gasteiger partial charge in [0.15, 0.2) is 0 Å². The number of carbonyl (C=O) groups is 2. The lowest BCUT2D eigenvalue weighted by Gasteiger charge is -2.23. The van der Waals surface area contributed by atoms with Crippen molar-refractivity contribution >= 4 is 29.0 Å². The number of carbonyl (C=O) groups excluding carboxylic acids is 2. The number of thiophene rings is 1. The molecule has 0 bridgehead atoms. The average molecular weight is 362 g/mol. The maximum atomic E-state index is 13.5. The van der Waals surface area contributed by atoms with Crippen molar-refractivity contribution in [3.05, 3.63) is 40.3 Å². The van der Waals surface area contributed by atoms with Crippen molar-refractivity contribution in [1.82, 2.24) is 10.6 Å². The Morgan fingerprint density at radius 3 is 2.88 bits per heavy atom. The van der Waals surface area contributed by atoms with Gasteiger partial charge < -0.3 is 21.7 Å². The van der Waals surface area contributed by atoms with Crippen molar-refractivity contribution in [2.24, 2.45) is 5.73 Å². The Bertz CT molecular complexity index is 787. The van der Waals surface area contributed by atoms with E-state index in [4.69, 9.17) is 5.73 Å². The monoisotopic (exact) mass is 362 g/mol. The van der Waals surface area contributed by atoms with Gasteiger partial charge in [0.1, 0.15) is 10.7 Å². The van der Waals surface area contributed by atoms with E-state index in [1.165, 1.54) is 23.5 Å². The molecule has 8 heteroatoms. The Labute approximate surface area is 148 Å². The normalized spacial score (nSPS) is 17.1. The molecule has 0 aliphatic carbocycles. The van der Waals surface area contributed by atoms with E-state index in [2.05, 4.69) is 16.0 Å². The average Bonchev–Trinajstić information content (AvgIpc) is 2.98. The van der Waals surface area contributed by atoms with Crippen LogP contribution in [0.5, 0.6) is 0 Å². The molecule has 1 aromatic heterocycles. The fourth-order valence-electron chi connectivity index (χ4n) is 2.87. The quantitative estimate of drug-likeness (QED) is 0.673. The molecule has 2 aromatic rings.